The molecule has 3 N–H and O–H groups in total. The molecule has 2 rings (SSSR count). The molecule has 0 saturated carbocycles. The number of nitrogens with zero attached hydrogens (tertiary/aromatic N) is 1. The van der Waals surface area contributed by atoms with Gasteiger partial charge in [0.15, 0.2) is 5.69 Å². The highest BCUT2D eigenvalue weighted by Gasteiger charge is 2.08. The van der Waals surface area contributed by atoms with Crippen molar-refractivity contribution in [2.45, 2.75) is 27.7 Å². The molecule has 0 aliphatic rings. The van der Waals surface area contributed by atoms with E-state index in [4.69, 9.17) is 4.84 Å². The second-order valence-electron chi connectivity index (χ2n) is 3.65. The average Bonchev–Trinajstić information content (AvgIpc) is 2.60. The number of carbonyl (C=O) groups excluding carboxylic acids is 1. The summed E-state index contributed by atoms with van der Waals surface area (Å²) in [5.74, 6) is 0.337. The first kappa shape index (κ1) is 19.8. The first-order valence-corrected chi connectivity index (χ1v) is 7.48. The predicted octanol–water partition coefficient (Wildman–Crippen LogP) is 3.14. The molecule has 22 heavy (non-hydrogen) atoms. The maximum absolute atomic E-state index is 12.0. The van der Waals surface area contributed by atoms with E-state index in [1.165, 1.54) is 0 Å². The third-order valence-electron chi connectivity index (χ3n) is 2.31. The zero-order valence-electron chi connectivity index (χ0n) is 14.0. The smallest absolute Gasteiger partial charge is 0.257 e. The largest absolute Gasteiger partial charge is 0.307 e. The Balaban J connectivity index is 0.00000102. The van der Waals surface area contributed by atoms with Crippen LogP contribution in [0.5, 0.6) is 0 Å². The lowest BCUT2D eigenvalue weighted by Gasteiger charge is -2.04. The highest BCUT2D eigenvalue weighted by atomic mass is 16.6. The zero-order chi connectivity index (χ0) is 16.8. The molecular weight excluding hydrogens is 278 g/mol. The van der Waals surface area contributed by atoms with Gasteiger partial charge in [-0.3, -0.25) is 4.79 Å². The number of rotatable bonds is 4. The Bertz CT molecular complexity index is 530. The number of benzene rings is 1. The molecule has 1 aromatic heterocycles. The molecule has 1 aromatic carbocycles. The van der Waals surface area contributed by atoms with Crippen molar-refractivity contribution in [1.82, 2.24) is 4.98 Å². The number of quaternary nitrogens is 1. The number of nitrogens with two attached hydrogens (primary N) is 1. The van der Waals surface area contributed by atoms with Gasteiger partial charge in [0.05, 0.1) is 7.11 Å². The number of aromatic nitrogens is 1. The van der Waals surface area contributed by atoms with Crippen LogP contribution in [0.15, 0.2) is 48.7 Å². The number of carbonyl (C=O) groups is 1. The number of nitrogens with one attached hydrogen (secondary N) is 1. The molecule has 0 aliphatic heterocycles. The van der Waals surface area contributed by atoms with Crippen LogP contribution in [-0.2, 0) is 4.84 Å². The monoisotopic (exact) mass is 304 g/mol. The van der Waals surface area contributed by atoms with Gasteiger partial charge in [0, 0.05) is 23.9 Å². The van der Waals surface area contributed by atoms with Gasteiger partial charge in [0.25, 0.3) is 5.91 Å². The fourth-order valence-corrected chi connectivity index (χ4v) is 1.51. The quantitative estimate of drug-likeness (QED) is 0.673. The Kier molecular flexibility index (Phi) is 11.2. The van der Waals surface area contributed by atoms with Crippen LogP contribution in [-0.4, -0.2) is 18.0 Å². The Morgan fingerprint density at radius 1 is 1.09 bits per heavy atom. The van der Waals surface area contributed by atoms with Gasteiger partial charge < -0.3 is 5.32 Å². The van der Waals surface area contributed by atoms with Crippen molar-refractivity contribution in [3.8, 4) is 0 Å². The minimum absolute atomic E-state index is 0.194. The molecule has 5 heteroatoms. The fourth-order valence-electron chi connectivity index (χ4n) is 1.51. The van der Waals surface area contributed by atoms with Gasteiger partial charge in [-0.1, -0.05) is 39.8 Å². The molecule has 2 aromatic rings. The molecule has 0 spiro atoms. The van der Waals surface area contributed by atoms with E-state index in [9.17, 15) is 4.79 Å². The van der Waals surface area contributed by atoms with Gasteiger partial charge in [0.1, 0.15) is 5.82 Å². The first-order valence-electron chi connectivity index (χ1n) is 7.48. The zero-order valence-corrected chi connectivity index (χ0v) is 14.0. The highest BCUT2D eigenvalue weighted by molar-refractivity contribution is 6.04. The van der Waals surface area contributed by atoms with Crippen molar-refractivity contribution >= 4 is 17.4 Å². The molecule has 0 fully saturated rings. The minimum Gasteiger partial charge on any atom is -0.307 e. The van der Waals surface area contributed by atoms with Crippen LogP contribution >= 0.6 is 0 Å². The maximum atomic E-state index is 12.0. The van der Waals surface area contributed by atoms with Gasteiger partial charge in [-0.25, -0.2) is 9.82 Å². The summed E-state index contributed by atoms with van der Waals surface area (Å²) in [5, 5.41) is 2.72. The molecule has 0 unspecified atom stereocenters. The van der Waals surface area contributed by atoms with Crippen molar-refractivity contribution in [1.29, 1.82) is 0 Å². The average molecular weight is 304 g/mol. The van der Waals surface area contributed by atoms with E-state index in [-0.39, 0.29) is 5.91 Å². The fraction of sp³-hybridized carbons (Fsp3) is 0.294. The summed E-state index contributed by atoms with van der Waals surface area (Å²) in [6.07, 6.45) is 1.63. The first-order chi connectivity index (χ1) is 10.8. The topological polar surface area (TPSA) is 67.8 Å². The van der Waals surface area contributed by atoms with E-state index in [0.717, 1.165) is 5.69 Å². The van der Waals surface area contributed by atoms with E-state index >= 15 is 0 Å². The Morgan fingerprint density at radius 2 is 1.82 bits per heavy atom. The third kappa shape index (κ3) is 6.97. The van der Waals surface area contributed by atoms with E-state index in [1.807, 2.05) is 39.8 Å². The number of anilines is 1. The van der Waals surface area contributed by atoms with Gasteiger partial charge in [-0.05, 0) is 18.2 Å². The molecular formula is C17H26N3O2+. The van der Waals surface area contributed by atoms with Crippen LogP contribution < -0.4 is 10.8 Å². The summed E-state index contributed by atoms with van der Waals surface area (Å²) in [7, 11) is 1.57. The molecule has 0 bridgehead atoms. The van der Waals surface area contributed by atoms with Gasteiger partial charge in [-0.2, -0.15) is 5.48 Å². The van der Waals surface area contributed by atoms with Crippen molar-refractivity contribution in [3.63, 3.8) is 0 Å². The van der Waals surface area contributed by atoms with Crippen LogP contribution in [0.25, 0.3) is 0 Å². The lowest BCUT2D eigenvalue weighted by atomic mass is 10.2. The van der Waals surface area contributed by atoms with Crippen molar-refractivity contribution in [2.75, 3.05) is 12.4 Å². The number of hydrogen-bond donors (Lipinski definition) is 2. The number of pyridine rings is 1. The molecule has 0 atom stereocenters. The summed E-state index contributed by atoms with van der Waals surface area (Å²) in [6.45, 7) is 8.00. The van der Waals surface area contributed by atoms with Crippen molar-refractivity contribution < 1.29 is 15.1 Å². The van der Waals surface area contributed by atoms with Crippen LogP contribution in [0.3, 0.4) is 0 Å². The van der Waals surface area contributed by atoms with Crippen LogP contribution in [0.2, 0.25) is 0 Å². The Hall–Kier alpha value is -2.24. The standard InChI is InChI=1S/C13H13N3O2.2C2H6/c1-18-16-11-6-4-5-10(9-11)13(17)15-12-7-2-3-8-14-12;2*1-2/h2-9,16H,1H3,(H,14,15,17);2*1-2H3/p+1. The van der Waals surface area contributed by atoms with Gasteiger partial charge in [-0.15, -0.1) is 0 Å². The molecule has 1 amide bonds. The molecule has 0 radical (unpaired) electrons. The molecule has 5 nitrogen and oxygen atoms in total. The van der Waals surface area contributed by atoms with E-state index in [0.29, 0.717) is 11.4 Å². The lowest BCUT2D eigenvalue weighted by Crippen LogP contribution is -2.75. The summed E-state index contributed by atoms with van der Waals surface area (Å²) < 4.78 is 0. The summed E-state index contributed by atoms with van der Waals surface area (Å²) in [5.41, 5.74) is 2.98. The van der Waals surface area contributed by atoms with E-state index in [2.05, 4.69) is 10.3 Å². The van der Waals surface area contributed by atoms with Crippen LogP contribution in [0, 0.1) is 0 Å². The predicted molar refractivity (Wildman–Crippen MR) is 89.9 cm³/mol. The lowest BCUT2D eigenvalue weighted by molar-refractivity contribution is -0.830. The summed E-state index contributed by atoms with van der Waals surface area (Å²) in [4.78, 5) is 20.9. The Morgan fingerprint density at radius 3 is 2.41 bits per heavy atom. The van der Waals surface area contributed by atoms with Crippen LogP contribution in [0.4, 0.5) is 11.5 Å². The summed E-state index contributed by atoms with van der Waals surface area (Å²) >= 11 is 0. The van der Waals surface area contributed by atoms with Crippen LogP contribution in [0.1, 0.15) is 38.1 Å². The second-order valence-corrected chi connectivity index (χ2v) is 3.65. The van der Waals surface area contributed by atoms with Crippen molar-refractivity contribution in [2.24, 2.45) is 0 Å². The summed E-state index contributed by atoms with van der Waals surface area (Å²) in [6, 6.07) is 12.5. The maximum Gasteiger partial charge on any atom is 0.257 e. The minimum atomic E-state index is -0.194. The third-order valence-corrected chi connectivity index (χ3v) is 2.31. The molecule has 0 aliphatic carbocycles. The van der Waals surface area contributed by atoms with E-state index < -0.39 is 0 Å². The molecule has 1 heterocycles. The van der Waals surface area contributed by atoms with Gasteiger partial charge >= 0.3 is 0 Å². The van der Waals surface area contributed by atoms with Gasteiger partial charge in [0.2, 0.25) is 0 Å². The molecule has 0 saturated heterocycles. The Labute approximate surface area is 132 Å². The normalized spacial score (nSPS) is 8.77. The number of amides is 1. The highest BCUT2D eigenvalue weighted by Crippen LogP contribution is 2.08. The SMILES string of the molecule is CC.CC.CO[NH2+]c1cccc(C(=O)Nc2ccccn2)c1. The number of hydrogen-bond acceptors (Lipinski definition) is 3. The van der Waals surface area contributed by atoms with E-state index in [1.54, 1.807) is 49.1 Å². The second kappa shape index (κ2) is 12.5. The molecule has 120 valence electrons. The van der Waals surface area contributed by atoms with Crippen molar-refractivity contribution in [3.05, 3.63) is 54.2 Å².